The van der Waals surface area contributed by atoms with Gasteiger partial charge in [0.1, 0.15) is 5.82 Å². The summed E-state index contributed by atoms with van der Waals surface area (Å²) in [5.41, 5.74) is 5.94. The van der Waals surface area contributed by atoms with Crippen LogP contribution in [0.3, 0.4) is 0 Å². The predicted molar refractivity (Wildman–Crippen MR) is 70.1 cm³/mol. The van der Waals surface area contributed by atoms with E-state index in [9.17, 15) is 14.5 Å². The molecule has 1 aliphatic rings. The Labute approximate surface area is 111 Å². The van der Waals surface area contributed by atoms with Crippen LogP contribution in [0.2, 0.25) is 0 Å². The Kier molecular flexibility index (Phi) is 4.11. The van der Waals surface area contributed by atoms with E-state index in [0.717, 1.165) is 19.0 Å². The quantitative estimate of drug-likeness (QED) is 0.668. The lowest BCUT2D eigenvalue weighted by Crippen LogP contribution is -2.27. The van der Waals surface area contributed by atoms with E-state index in [2.05, 4.69) is 11.8 Å². The first-order valence-electron chi connectivity index (χ1n) is 6.38. The Morgan fingerprint density at radius 1 is 1.58 bits per heavy atom. The van der Waals surface area contributed by atoms with Crippen molar-refractivity contribution in [2.75, 3.05) is 13.1 Å². The van der Waals surface area contributed by atoms with Gasteiger partial charge in [-0.2, -0.15) is 0 Å². The van der Waals surface area contributed by atoms with Crippen LogP contribution in [0.1, 0.15) is 18.9 Å². The molecule has 1 aromatic rings. The summed E-state index contributed by atoms with van der Waals surface area (Å²) in [4.78, 5) is 12.1. The zero-order valence-corrected chi connectivity index (χ0v) is 10.9. The number of benzene rings is 1. The summed E-state index contributed by atoms with van der Waals surface area (Å²) in [5, 5.41) is 10.6. The van der Waals surface area contributed by atoms with Crippen molar-refractivity contribution in [3.05, 3.63) is 39.7 Å². The molecule has 2 rings (SSSR count). The summed E-state index contributed by atoms with van der Waals surface area (Å²) >= 11 is 0. The average Bonchev–Trinajstić information content (AvgIpc) is 2.72. The van der Waals surface area contributed by atoms with Crippen LogP contribution in [0, 0.1) is 21.8 Å². The van der Waals surface area contributed by atoms with Gasteiger partial charge in [-0.1, -0.05) is 0 Å². The number of rotatable bonds is 4. The average molecular weight is 267 g/mol. The van der Waals surface area contributed by atoms with Crippen LogP contribution in [0.25, 0.3) is 0 Å². The summed E-state index contributed by atoms with van der Waals surface area (Å²) in [7, 11) is 0. The van der Waals surface area contributed by atoms with E-state index < -0.39 is 10.7 Å². The number of hydrogen-bond acceptors (Lipinski definition) is 4. The first-order valence-corrected chi connectivity index (χ1v) is 6.38. The van der Waals surface area contributed by atoms with Crippen molar-refractivity contribution in [1.29, 1.82) is 0 Å². The Morgan fingerprint density at radius 3 is 2.84 bits per heavy atom. The van der Waals surface area contributed by atoms with E-state index in [1.807, 2.05) is 0 Å². The molecule has 5 nitrogen and oxygen atoms in total. The molecule has 2 N–H and O–H groups in total. The smallest absolute Gasteiger partial charge is 0.272 e. The third-order valence-electron chi connectivity index (χ3n) is 3.74. The van der Waals surface area contributed by atoms with E-state index in [1.54, 1.807) is 0 Å². The maximum atomic E-state index is 13.8. The summed E-state index contributed by atoms with van der Waals surface area (Å²) in [6.07, 6.45) is 1.02. The molecular weight excluding hydrogens is 249 g/mol. The van der Waals surface area contributed by atoms with Crippen LogP contribution in [0.15, 0.2) is 18.2 Å². The minimum atomic E-state index is -0.588. The second-order valence-electron chi connectivity index (χ2n) is 5.15. The number of nitro benzene ring substituents is 1. The fourth-order valence-electron chi connectivity index (χ4n) is 2.61. The maximum absolute atomic E-state index is 13.8. The van der Waals surface area contributed by atoms with Gasteiger partial charge >= 0.3 is 0 Å². The highest BCUT2D eigenvalue weighted by atomic mass is 19.1. The fourth-order valence-corrected chi connectivity index (χ4v) is 2.61. The van der Waals surface area contributed by atoms with Crippen LogP contribution < -0.4 is 5.73 Å². The van der Waals surface area contributed by atoms with Crippen molar-refractivity contribution in [3.63, 3.8) is 0 Å². The van der Waals surface area contributed by atoms with Gasteiger partial charge in [0.15, 0.2) is 0 Å². The Balaban J connectivity index is 2.09. The monoisotopic (exact) mass is 267 g/mol. The zero-order valence-electron chi connectivity index (χ0n) is 10.9. The minimum absolute atomic E-state index is 0.212. The molecule has 1 aliphatic heterocycles. The summed E-state index contributed by atoms with van der Waals surface area (Å²) < 4.78 is 13.8. The van der Waals surface area contributed by atoms with E-state index in [1.165, 1.54) is 12.1 Å². The zero-order chi connectivity index (χ0) is 14.0. The van der Waals surface area contributed by atoms with Crippen LogP contribution in [-0.4, -0.2) is 29.0 Å². The molecule has 0 saturated carbocycles. The van der Waals surface area contributed by atoms with Crippen LogP contribution >= 0.6 is 0 Å². The van der Waals surface area contributed by atoms with Crippen LogP contribution in [0.5, 0.6) is 0 Å². The summed E-state index contributed by atoms with van der Waals surface area (Å²) in [5.74, 6) is -0.0614. The molecule has 0 amide bonds. The molecule has 1 fully saturated rings. The molecule has 0 aromatic heterocycles. The lowest BCUT2D eigenvalue weighted by Gasteiger charge is -2.21. The van der Waals surface area contributed by atoms with Crippen molar-refractivity contribution in [1.82, 2.24) is 4.90 Å². The van der Waals surface area contributed by atoms with Gasteiger partial charge in [0.2, 0.25) is 0 Å². The summed E-state index contributed by atoms with van der Waals surface area (Å²) in [6.45, 7) is 4.07. The molecule has 1 aromatic carbocycles. The minimum Gasteiger partial charge on any atom is -0.330 e. The third kappa shape index (κ3) is 3.08. The molecule has 6 heteroatoms. The molecule has 0 aliphatic carbocycles. The van der Waals surface area contributed by atoms with Gasteiger partial charge in [-0.15, -0.1) is 0 Å². The van der Waals surface area contributed by atoms with Crippen molar-refractivity contribution in [2.45, 2.75) is 25.9 Å². The first kappa shape index (κ1) is 13.9. The standard InChI is InChI=1S/C13H18FN3O2/c1-9-4-10(6-15)7-16(9)8-11-2-3-12(17(18)19)5-13(11)14/h2-3,5,9-10H,4,6-8,15H2,1H3. The van der Waals surface area contributed by atoms with Gasteiger partial charge in [-0.25, -0.2) is 4.39 Å². The van der Waals surface area contributed by atoms with E-state index in [-0.39, 0.29) is 5.69 Å². The van der Waals surface area contributed by atoms with Crippen LogP contribution in [-0.2, 0) is 6.54 Å². The molecule has 2 unspecified atom stereocenters. The van der Waals surface area contributed by atoms with Gasteiger partial charge in [0, 0.05) is 30.8 Å². The van der Waals surface area contributed by atoms with Crippen molar-refractivity contribution >= 4 is 5.69 Å². The molecule has 2 atom stereocenters. The molecule has 1 saturated heterocycles. The van der Waals surface area contributed by atoms with Crippen LogP contribution in [0.4, 0.5) is 10.1 Å². The highest BCUT2D eigenvalue weighted by Crippen LogP contribution is 2.25. The second kappa shape index (κ2) is 5.63. The highest BCUT2D eigenvalue weighted by molar-refractivity contribution is 5.34. The van der Waals surface area contributed by atoms with E-state index in [4.69, 9.17) is 5.73 Å². The van der Waals surface area contributed by atoms with Gasteiger partial charge in [-0.3, -0.25) is 15.0 Å². The molecule has 19 heavy (non-hydrogen) atoms. The van der Waals surface area contributed by atoms with Gasteiger partial charge in [0.25, 0.3) is 5.69 Å². The van der Waals surface area contributed by atoms with Gasteiger partial charge in [-0.05, 0) is 31.9 Å². The van der Waals surface area contributed by atoms with E-state index in [0.29, 0.717) is 30.6 Å². The highest BCUT2D eigenvalue weighted by Gasteiger charge is 2.28. The molecular formula is C13H18FN3O2. The number of hydrogen-bond donors (Lipinski definition) is 1. The third-order valence-corrected chi connectivity index (χ3v) is 3.74. The predicted octanol–water partition coefficient (Wildman–Crippen LogP) is 1.90. The lowest BCUT2D eigenvalue weighted by atomic mass is 10.1. The number of nitrogens with zero attached hydrogens (tertiary/aromatic N) is 2. The second-order valence-corrected chi connectivity index (χ2v) is 5.15. The lowest BCUT2D eigenvalue weighted by molar-refractivity contribution is -0.385. The number of nitrogens with two attached hydrogens (primary N) is 1. The number of nitro groups is 1. The molecule has 104 valence electrons. The van der Waals surface area contributed by atoms with E-state index >= 15 is 0 Å². The van der Waals surface area contributed by atoms with Crippen molar-refractivity contribution in [2.24, 2.45) is 11.7 Å². The SMILES string of the molecule is CC1CC(CN)CN1Cc1ccc([N+](=O)[O-])cc1F. The molecule has 0 bridgehead atoms. The normalized spacial score (nSPS) is 23.7. The van der Waals surface area contributed by atoms with Crippen molar-refractivity contribution in [3.8, 4) is 0 Å². The maximum Gasteiger partial charge on any atom is 0.272 e. The fraction of sp³-hybridized carbons (Fsp3) is 0.538. The summed E-state index contributed by atoms with van der Waals surface area (Å²) in [6, 6.07) is 4.19. The largest absolute Gasteiger partial charge is 0.330 e. The molecule has 0 spiro atoms. The van der Waals surface area contributed by atoms with Gasteiger partial charge < -0.3 is 5.73 Å². The Hall–Kier alpha value is -1.53. The Morgan fingerprint density at radius 2 is 2.32 bits per heavy atom. The Bertz CT molecular complexity index is 481. The molecule has 0 radical (unpaired) electrons. The van der Waals surface area contributed by atoms with Gasteiger partial charge in [0.05, 0.1) is 11.0 Å². The topological polar surface area (TPSA) is 72.4 Å². The van der Waals surface area contributed by atoms with Crippen molar-refractivity contribution < 1.29 is 9.31 Å². The number of likely N-dealkylation sites (tertiary alicyclic amines) is 1. The first-order chi connectivity index (χ1) is 9.01. The molecule has 1 heterocycles. The number of non-ortho nitro benzene ring substituents is 1. The number of halogens is 1.